The number of hydrogen-bond acceptors (Lipinski definition) is 19. The van der Waals surface area contributed by atoms with E-state index in [0.29, 0.717) is 98.6 Å². The van der Waals surface area contributed by atoms with E-state index in [1.165, 1.54) is 36.2 Å². The minimum absolute atomic E-state index is 0.00565. The van der Waals surface area contributed by atoms with Gasteiger partial charge in [0.05, 0.1) is 90.1 Å². The number of ether oxygens (including phenoxy) is 10. The molecule has 4 saturated heterocycles. The Labute approximate surface area is 590 Å². The van der Waals surface area contributed by atoms with Crippen LogP contribution in [0.5, 0.6) is 28.7 Å². The number of hydrogen-bond donors (Lipinski definition) is 2. The predicted molar refractivity (Wildman–Crippen MR) is 372 cm³/mol. The maximum absolute atomic E-state index is 14.3. The molecule has 7 aliphatic rings. The quantitative estimate of drug-likeness (QED) is 0.0500. The van der Waals surface area contributed by atoms with Gasteiger partial charge in [0, 0.05) is 68.2 Å². The number of rotatable bonds is 21. The fourth-order valence-electron chi connectivity index (χ4n) is 14.3. The summed E-state index contributed by atoms with van der Waals surface area (Å²) in [4.78, 5) is 98.4. The summed E-state index contributed by atoms with van der Waals surface area (Å²) in [5, 5.41) is 21.6. The number of carbonyl (C=O) groups excluding carboxylic acids is 5. The van der Waals surface area contributed by atoms with Crippen molar-refractivity contribution in [2.75, 3.05) is 80.9 Å². The van der Waals surface area contributed by atoms with E-state index in [9.17, 15) is 33.9 Å². The van der Waals surface area contributed by atoms with Crippen molar-refractivity contribution >= 4 is 75.3 Å². The molecular formula is C75H84ClN7O18. The number of halogens is 1. The first-order chi connectivity index (χ1) is 49.2. The molecule has 13 rings (SSSR count). The Hall–Kier alpha value is -9.53. The van der Waals surface area contributed by atoms with Crippen molar-refractivity contribution in [1.29, 1.82) is 0 Å². The molecule has 4 unspecified atom stereocenters. The third-order valence-corrected chi connectivity index (χ3v) is 19.4. The number of benzene rings is 4. The number of amides is 5. The number of phenolic OH excluding ortho intramolecular Hbond substituents is 1. The van der Waals surface area contributed by atoms with Crippen LogP contribution in [0.4, 0.5) is 26.7 Å². The zero-order valence-corrected chi connectivity index (χ0v) is 57.4. The summed E-state index contributed by atoms with van der Waals surface area (Å²) < 4.78 is 60.0. The van der Waals surface area contributed by atoms with Crippen molar-refractivity contribution in [2.24, 2.45) is 0 Å². The molecule has 534 valence electrons. The number of pyridine rings is 2. The number of aromatic nitrogens is 2. The molecule has 26 heteroatoms. The van der Waals surface area contributed by atoms with Crippen LogP contribution in [0, 0.1) is 0 Å². The van der Waals surface area contributed by atoms with E-state index < -0.39 is 55.3 Å². The van der Waals surface area contributed by atoms with Gasteiger partial charge in [-0.05, 0) is 124 Å². The molecule has 25 nitrogen and oxygen atoms in total. The summed E-state index contributed by atoms with van der Waals surface area (Å²) in [7, 11) is 2.95. The van der Waals surface area contributed by atoms with Gasteiger partial charge in [0.2, 0.25) is 5.91 Å². The molecule has 0 aliphatic carbocycles. The van der Waals surface area contributed by atoms with Gasteiger partial charge in [-0.25, -0.2) is 19.4 Å². The second kappa shape index (κ2) is 32.9. The van der Waals surface area contributed by atoms with Gasteiger partial charge in [-0.1, -0.05) is 61.7 Å². The molecule has 2 aromatic heterocycles. The Morgan fingerprint density at radius 2 is 1.08 bits per heavy atom. The number of carbonyl (C=O) groups is 6. The van der Waals surface area contributed by atoms with Crippen molar-refractivity contribution in [3.05, 3.63) is 156 Å². The van der Waals surface area contributed by atoms with Crippen molar-refractivity contribution in [3.63, 3.8) is 0 Å². The summed E-state index contributed by atoms with van der Waals surface area (Å²) >= 11 is 6.41. The molecule has 9 heterocycles. The van der Waals surface area contributed by atoms with Crippen LogP contribution < -0.4 is 33.6 Å². The average molecular weight is 1410 g/mol. The number of carboxylic acid groups (broad SMARTS) is 1. The van der Waals surface area contributed by atoms with E-state index in [1.54, 1.807) is 75.4 Å². The highest BCUT2D eigenvalue weighted by Crippen LogP contribution is 2.48. The lowest BCUT2D eigenvalue weighted by Gasteiger charge is -2.42. The smallest absolute Gasteiger partial charge is 0.416 e. The van der Waals surface area contributed by atoms with Crippen LogP contribution in [0.2, 0.25) is 0 Å². The predicted octanol–water partition coefficient (Wildman–Crippen LogP) is 11.7. The monoisotopic (exact) mass is 1410 g/mol. The van der Waals surface area contributed by atoms with Gasteiger partial charge in [0.15, 0.2) is 48.0 Å². The van der Waals surface area contributed by atoms with Crippen molar-refractivity contribution in [1.82, 2.24) is 19.8 Å². The zero-order valence-electron chi connectivity index (χ0n) is 56.7. The molecule has 5 amide bonds. The van der Waals surface area contributed by atoms with Crippen molar-refractivity contribution in [3.8, 4) is 28.7 Å². The highest BCUT2D eigenvalue weighted by Gasteiger charge is 2.49. The molecule has 2 N–H and O–H groups in total. The van der Waals surface area contributed by atoms with E-state index in [0.717, 1.165) is 67.7 Å². The number of carboxylic acids is 1. The van der Waals surface area contributed by atoms with Crippen LogP contribution in [0.1, 0.15) is 132 Å². The number of anilines is 3. The summed E-state index contributed by atoms with van der Waals surface area (Å²) in [6, 6.07) is 25.1. The topological polar surface area (TPSA) is 277 Å². The minimum Gasteiger partial charge on any atom is -0.507 e. The molecule has 6 aromatic rings. The summed E-state index contributed by atoms with van der Waals surface area (Å²) in [6.45, 7) is 9.78. The van der Waals surface area contributed by atoms with Gasteiger partial charge < -0.3 is 72.3 Å². The Morgan fingerprint density at radius 3 is 1.54 bits per heavy atom. The van der Waals surface area contributed by atoms with Crippen molar-refractivity contribution in [2.45, 2.75) is 146 Å². The van der Waals surface area contributed by atoms with E-state index in [-0.39, 0.29) is 108 Å². The minimum atomic E-state index is -0.988. The van der Waals surface area contributed by atoms with Crippen LogP contribution >= 0.6 is 11.6 Å². The summed E-state index contributed by atoms with van der Waals surface area (Å²) in [6.07, 6.45) is 8.19. The first-order valence-corrected chi connectivity index (χ1v) is 34.9. The number of phenols is 1. The van der Waals surface area contributed by atoms with Crippen LogP contribution in [0.3, 0.4) is 0 Å². The molecule has 4 fully saturated rings. The Morgan fingerprint density at radius 1 is 0.594 bits per heavy atom. The van der Waals surface area contributed by atoms with Crippen LogP contribution in [0.15, 0.2) is 116 Å². The molecular weight excluding hydrogens is 1320 g/mol. The number of methoxy groups -OCH3 is 2. The highest BCUT2D eigenvalue weighted by molar-refractivity contribution is 6.19. The molecule has 7 atom stereocenters. The number of fused-ring (bicyclic) bond motifs is 7. The van der Waals surface area contributed by atoms with E-state index in [2.05, 4.69) is 18.1 Å². The second-order valence-electron chi connectivity index (χ2n) is 25.6. The largest absolute Gasteiger partial charge is 0.507 e. The number of alkyl halides is 1. The fraction of sp³-hybridized carbons (Fsp3) is 0.440. The number of piperidine rings is 2. The number of aliphatic carboxylic acids is 1. The lowest BCUT2D eigenvalue weighted by Crippen LogP contribution is -2.57. The first kappa shape index (κ1) is 71.3. The van der Waals surface area contributed by atoms with Gasteiger partial charge in [0.1, 0.15) is 32.2 Å². The van der Waals surface area contributed by atoms with E-state index in [1.807, 2.05) is 30.3 Å². The third kappa shape index (κ3) is 15.8. The Bertz CT molecular complexity index is 4050. The zero-order chi connectivity index (χ0) is 70.7. The van der Waals surface area contributed by atoms with Crippen LogP contribution in [-0.4, -0.2) is 169 Å². The number of nitrogens with zero attached hydrogens (tertiary/aromatic N) is 7. The molecule has 7 aliphatic heterocycles. The SMILES string of the molecule is C=CCOC(=O)N1c2cc(OCc3cccc(CC(=O)N4C[C@@H](CCl)c5c4cc(O)c4ccccc54)n3)c(OC)cc2C(=O)N2CCCC[C@H]2C1OC1CCCCO1.C=CCOC(=O)N1c2cc(OCc3cccc(CC(=O)O)n3)c(OC)cc2C(=O)N2CCCC[C@H]2C1OC1CCCCO1. The molecule has 4 aromatic carbocycles. The Balaban J connectivity index is 0.000000200. The average Bonchev–Trinajstić information content (AvgIpc) is 1.65. The van der Waals surface area contributed by atoms with Crippen LogP contribution in [0.25, 0.3) is 10.8 Å². The van der Waals surface area contributed by atoms with Gasteiger partial charge >= 0.3 is 18.2 Å². The highest BCUT2D eigenvalue weighted by atomic mass is 35.5. The van der Waals surface area contributed by atoms with Gasteiger partial charge in [-0.15, -0.1) is 11.6 Å². The third-order valence-electron chi connectivity index (χ3n) is 19.0. The maximum atomic E-state index is 14.3. The first-order valence-electron chi connectivity index (χ1n) is 34.4. The van der Waals surface area contributed by atoms with Gasteiger partial charge in [-0.3, -0.25) is 29.1 Å². The molecule has 0 bridgehead atoms. The van der Waals surface area contributed by atoms with Gasteiger partial charge in [-0.2, -0.15) is 0 Å². The van der Waals surface area contributed by atoms with E-state index >= 15 is 0 Å². The standard InChI is InChI=1S/C44H47ClN4O9.C31H37N3O9/c1-3-18-56-44(53)49-34-23-38(37(54-2)21-32(34)42(52)47-17-8-6-15-33(47)43(49)58-40-16-7-9-19-55-40)57-26-29-12-10-11-28(46-29)20-39(51)48-25-27(24-45)41-31-14-5-4-13-30(31)36(50)22-35(41)48;1-3-14-41-31(38)34-24-18-26(42-19-21-10-8-9-20(32-21)16-27(35)36)25(39-2)17-22(24)29(37)33-13-6-4-11-23(33)30(34)43-28-12-5-7-15-40-28/h3-5,10-14,21-23,27,33,40,43,50H,1,6-9,15-20,24-26H2,2H3;3,8-10,17-18,23,28,30H,1,4-7,11-16,19H2,2H3,(H,35,36)/t27-,33+,40?,43?;23-,28?,30?/m10/s1. The number of aromatic hydroxyl groups is 1. The normalized spacial score (nSPS) is 21.6. The molecule has 101 heavy (non-hydrogen) atoms. The molecule has 0 spiro atoms. The lowest BCUT2D eigenvalue weighted by atomic mass is 9.95. The maximum Gasteiger partial charge on any atom is 0.416 e. The second-order valence-corrected chi connectivity index (χ2v) is 25.9. The fourth-order valence-corrected chi connectivity index (χ4v) is 14.5. The summed E-state index contributed by atoms with van der Waals surface area (Å²) in [5.41, 5.74) is 4.60. The van der Waals surface area contributed by atoms with E-state index in [4.69, 9.17) is 69.1 Å². The Kier molecular flexibility index (Phi) is 23.2. The van der Waals surface area contributed by atoms with Gasteiger partial charge in [0.25, 0.3) is 11.8 Å². The van der Waals surface area contributed by atoms with Crippen molar-refractivity contribution < 1.29 is 86.3 Å². The molecule has 0 radical (unpaired) electrons. The lowest BCUT2D eigenvalue weighted by molar-refractivity contribution is -0.199. The van der Waals surface area contributed by atoms with Crippen LogP contribution in [-0.2, 0) is 64.1 Å². The molecule has 0 saturated carbocycles. The summed E-state index contributed by atoms with van der Waals surface area (Å²) in [5.74, 6) is -0.222.